The van der Waals surface area contributed by atoms with Crippen LogP contribution in [0.15, 0.2) is 52.2 Å². The second-order valence-electron chi connectivity index (χ2n) is 6.20. The smallest absolute Gasteiger partial charge is 0.267 e. The van der Waals surface area contributed by atoms with Crippen molar-refractivity contribution in [1.29, 1.82) is 0 Å². The molecule has 3 heterocycles. The van der Waals surface area contributed by atoms with Gasteiger partial charge in [-0.1, -0.05) is 6.07 Å². The lowest BCUT2D eigenvalue weighted by atomic mass is 10.00. The fourth-order valence-electron chi connectivity index (χ4n) is 3.05. The van der Waals surface area contributed by atoms with Crippen molar-refractivity contribution in [1.82, 2.24) is 24.5 Å². The zero-order valence-electron chi connectivity index (χ0n) is 14.2. The van der Waals surface area contributed by atoms with E-state index in [4.69, 9.17) is 4.42 Å². The minimum absolute atomic E-state index is 0.0612. The highest BCUT2D eigenvalue weighted by Gasteiger charge is 2.33. The number of hydrogen-bond donors (Lipinski definition) is 0. The molecule has 0 N–H and O–H groups in total. The second-order valence-corrected chi connectivity index (χ2v) is 8.13. The molecule has 0 bridgehead atoms. The highest BCUT2D eigenvalue weighted by molar-refractivity contribution is 7.89. The lowest BCUT2D eigenvalue weighted by molar-refractivity contribution is 0.286. The molecule has 140 valence electrons. The number of benzene rings is 1. The van der Waals surface area contributed by atoms with Gasteiger partial charge < -0.3 is 4.42 Å². The third-order valence-corrected chi connectivity index (χ3v) is 6.25. The summed E-state index contributed by atoms with van der Waals surface area (Å²) in [5.74, 6) is -0.229. The fraction of sp³-hybridized carbons (Fsp3) is 0.294. The monoisotopic (exact) mass is 389 g/mol. The summed E-state index contributed by atoms with van der Waals surface area (Å²) in [6.07, 6.45) is 5.93. The van der Waals surface area contributed by atoms with E-state index in [-0.39, 0.29) is 23.2 Å². The molecule has 10 heteroatoms. The Hall–Kier alpha value is -2.72. The molecule has 0 radical (unpaired) electrons. The van der Waals surface area contributed by atoms with Gasteiger partial charge in [0, 0.05) is 25.5 Å². The summed E-state index contributed by atoms with van der Waals surface area (Å²) in [6, 6.07) is 5.01. The van der Waals surface area contributed by atoms with Crippen molar-refractivity contribution >= 4 is 10.0 Å². The van der Waals surface area contributed by atoms with E-state index in [1.54, 1.807) is 0 Å². The third-order valence-electron chi connectivity index (χ3n) is 4.39. The number of rotatable bonds is 4. The highest BCUT2D eigenvalue weighted by Crippen LogP contribution is 2.30. The minimum Gasteiger partial charge on any atom is -0.419 e. The van der Waals surface area contributed by atoms with Crippen LogP contribution in [0.5, 0.6) is 0 Å². The van der Waals surface area contributed by atoms with Gasteiger partial charge in [0.1, 0.15) is 11.5 Å². The van der Waals surface area contributed by atoms with Gasteiger partial charge >= 0.3 is 0 Å². The van der Waals surface area contributed by atoms with Crippen molar-refractivity contribution < 1.29 is 17.2 Å². The van der Waals surface area contributed by atoms with Crippen molar-refractivity contribution in [2.45, 2.75) is 23.7 Å². The number of nitrogens with zero attached hydrogens (tertiary/aromatic N) is 5. The van der Waals surface area contributed by atoms with Gasteiger partial charge in [0.05, 0.1) is 17.0 Å². The van der Waals surface area contributed by atoms with Crippen LogP contribution in [-0.4, -0.2) is 46.0 Å². The van der Waals surface area contributed by atoms with Crippen molar-refractivity contribution in [3.05, 3.63) is 54.6 Å². The van der Waals surface area contributed by atoms with E-state index in [2.05, 4.69) is 20.2 Å². The number of aromatic nitrogens is 4. The average Bonchev–Trinajstić information content (AvgIpc) is 3.19. The molecule has 0 aliphatic carbocycles. The molecule has 1 saturated heterocycles. The second kappa shape index (κ2) is 7.12. The maximum atomic E-state index is 13.4. The van der Waals surface area contributed by atoms with Gasteiger partial charge in [0.2, 0.25) is 15.9 Å². The number of halogens is 1. The predicted octanol–water partition coefficient (Wildman–Crippen LogP) is 2.23. The van der Waals surface area contributed by atoms with Gasteiger partial charge in [-0.15, -0.1) is 10.2 Å². The van der Waals surface area contributed by atoms with Gasteiger partial charge in [-0.25, -0.2) is 17.8 Å². The zero-order valence-corrected chi connectivity index (χ0v) is 15.0. The Bertz CT molecular complexity index is 1040. The average molecular weight is 389 g/mol. The van der Waals surface area contributed by atoms with E-state index >= 15 is 0 Å². The maximum Gasteiger partial charge on any atom is 0.267 e. The van der Waals surface area contributed by atoms with Gasteiger partial charge in [-0.2, -0.15) is 4.31 Å². The van der Waals surface area contributed by atoms with Gasteiger partial charge in [0.15, 0.2) is 0 Å². The first-order chi connectivity index (χ1) is 13.0. The predicted molar refractivity (Wildman–Crippen MR) is 92.5 cm³/mol. The molecule has 3 aromatic rings. The standard InChI is InChI=1S/C17H16FN5O3S/c18-13-4-1-5-14(9-13)27(24,25)23-8-2-3-12(11-23)16-21-22-17(26-16)15-10-19-6-7-20-15/h1,4-7,9-10,12H,2-3,8,11H2/t12-/m1/s1. The first kappa shape index (κ1) is 17.7. The SMILES string of the molecule is O=S(=O)(c1cccc(F)c1)N1CCC[C@@H](c2nnc(-c3cnccn3)o2)C1. The van der Waals surface area contributed by atoms with Crippen LogP contribution in [0, 0.1) is 5.82 Å². The molecule has 1 atom stereocenters. The van der Waals surface area contributed by atoms with Crippen LogP contribution in [0.25, 0.3) is 11.6 Å². The third kappa shape index (κ3) is 3.58. The summed E-state index contributed by atoms with van der Waals surface area (Å²) < 4.78 is 46.1. The lowest BCUT2D eigenvalue weighted by Crippen LogP contribution is -2.39. The van der Waals surface area contributed by atoms with Crippen molar-refractivity contribution in [3.63, 3.8) is 0 Å². The summed E-state index contributed by atoms with van der Waals surface area (Å²) in [4.78, 5) is 8.01. The summed E-state index contributed by atoms with van der Waals surface area (Å²) in [7, 11) is -3.79. The molecular formula is C17H16FN5O3S. The summed E-state index contributed by atoms with van der Waals surface area (Å²) in [5.41, 5.74) is 0.455. The Kier molecular flexibility index (Phi) is 4.66. The van der Waals surface area contributed by atoms with E-state index in [9.17, 15) is 12.8 Å². The van der Waals surface area contributed by atoms with Gasteiger partial charge in [-0.05, 0) is 31.0 Å². The summed E-state index contributed by atoms with van der Waals surface area (Å²) >= 11 is 0. The van der Waals surface area contributed by atoms with Crippen LogP contribution in [0.3, 0.4) is 0 Å². The first-order valence-electron chi connectivity index (χ1n) is 8.39. The van der Waals surface area contributed by atoms with E-state index in [1.165, 1.54) is 41.1 Å². The fourth-order valence-corrected chi connectivity index (χ4v) is 4.61. The van der Waals surface area contributed by atoms with Gasteiger partial charge in [0.25, 0.3) is 5.89 Å². The lowest BCUT2D eigenvalue weighted by Gasteiger charge is -2.30. The zero-order chi connectivity index (χ0) is 18.9. The molecule has 1 aliphatic rings. The molecule has 4 rings (SSSR count). The highest BCUT2D eigenvalue weighted by atomic mass is 32.2. The van der Waals surface area contributed by atoms with Crippen LogP contribution < -0.4 is 0 Å². The molecule has 0 spiro atoms. The molecule has 8 nitrogen and oxygen atoms in total. The van der Waals surface area contributed by atoms with Crippen LogP contribution in [0.1, 0.15) is 24.7 Å². The minimum atomic E-state index is -3.79. The van der Waals surface area contributed by atoms with Crippen molar-refractivity contribution in [3.8, 4) is 11.6 Å². The molecule has 27 heavy (non-hydrogen) atoms. The van der Waals surface area contributed by atoms with E-state index in [0.29, 0.717) is 24.6 Å². The summed E-state index contributed by atoms with van der Waals surface area (Å²) in [5, 5.41) is 8.04. The number of hydrogen-bond acceptors (Lipinski definition) is 7. The Morgan fingerprint density at radius 2 is 2.11 bits per heavy atom. The quantitative estimate of drug-likeness (QED) is 0.674. The molecule has 1 aliphatic heterocycles. The van der Waals surface area contributed by atoms with Crippen LogP contribution >= 0.6 is 0 Å². The Morgan fingerprint density at radius 3 is 2.89 bits per heavy atom. The van der Waals surface area contributed by atoms with Crippen molar-refractivity contribution in [2.75, 3.05) is 13.1 Å². The molecule has 0 unspecified atom stereocenters. The maximum absolute atomic E-state index is 13.4. The summed E-state index contributed by atoms with van der Waals surface area (Å²) in [6.45, 7) is 0.557. The largest absolute Gasteiger partial charge is 0.419 e. The molecule has 1 fully saturated rings. The van der Waals surface area contributed by atoms with Gasteiger partial charge in [-0.3, -0.25) is 4.98 Å². The van der Waals surface area contributed by atoms with Crippen LogP contribution in [0.2, 0.25) is 0 Å². The molecule has 0 saturated carbocycles. The Labute approximate surface area is 155 Å². The Balaban J connectivity index is 1.56. The number of sulfonamides is 1. The van der Waals surface area contributed by atoms with E-state index in [0.717, 1.165) is 12.5 Å². The topological polar surface area (TPSA) is 102 Å². The van der Waals surface area contributed by atoms with E-state index in [1.807, 2.05) is 0 Å². The van der Waals surface area contributed by atoms with E-state index < -0.39 is 15.8 Å². The molecule has 1 aromatic carbocycles. The normalized spacial score (nSPS) is 18.5. The van der Waals surface area contributed by atoms with Crippen LogP contribution in [0.4, 0.5) is 4.39 Å². The molecule has 0 amide bonds. The number of piperidine rings is 1. The molecule has 2 aromatic heterocycles. The Morgan fingerprint density at radius 1 is 1.22 bits per heavy atom. The van der Waals surface area contributed by atoms with Crippen LogP contribution in [-0.2, 0) is 10.0 Å². The van der Waals surface area contributed by atoms with Crippen molar-refractivity contribution in [2.24, 2.45) is 0 Å². The first-order valence-corrected chi connectivity index (χ1v) is 9.83. The molecular weight excluding hydrogens is 373 g/mol.